The average molecular weight is 457 g/mol. The summed E-state index contributed by atoms with van der Waals surface area (Å²) in [5.41, 5.74) is 9.51. The predicted octanol–water partition coefficient (Wildman–Crippen LogP) is 5.18. The molecule has 3 aromatic rings. The second-order valence-corrected chi connectivity index (χ2v) is 9.66. The van der Waals surface area contributed by atoms with Crippen molar-refractivity contribution in [2.24, 2.45) is 11.7 Å². The molecule has 1 saturated heterocycles. The van der Waals surface area contributed by atoms with Gasteiger partial charge in [-0.1, -0.05) is 37.6 Å². The lowest BCUT2D eigenvalue weighted by molar-refractivity contribution is -0.132. The fourth-order valence-corrected chi connectivity index (χ4v) is 4.73. The summed E-state index contributed by atoms with van der Waals surface area (Å²) in [6, 6.07) is 10.3. The van der Waals surface area contributed by atoms with Crippen LogP contribution < -0.4 is 5.73 Å². The molecular weight excluding hydrogens is 427 g/mol. The van der Waals surface area contributed by atoms with E-state index in [9.17, 15) is 9.18 Å². The van der Waals surface area contributed by atoms with Gasteiger partial charge in [0.25, 0.3) is 0 Å². The van der Waals surface area contributed by atoms with E-state index in [0.29, 0.717) is 29.5 Å². The molecule has 2 heterocycles. The molecule has 0 radical (unpaired) electrons. The summed E-state index contributed by atoms with van der Waals surface area (Å²) < 4.78 is 14.5. The van der Waals surface area contributed by atoms with Crippen molar-refractivity contribution in [3.63, 3.8) is 0 Å². The van der Waals surface area contributed by atoms with Crippen LogP contribution in [0.1, 0.15) is 56.1 Å². The first kappa shape index (κ1) is 22.7. The maximum atomic E-state index is 14.5. The molecule has 1 aliphatic rings. The molecule has 0 aliphatic carbocycles. The molecule has 2 atom stereocenters. The van der Waals surface area contributed by atoms with Crippen LogP contribution in [0.3, 0.4) is 0 Å². The molecule has 1 fully saturated rings. The zero-order valence-electron chi connectivity index (χ0n) is 18.6. The van der Waals surface area contributed by atoms with Crippen LogP contribution in [0.2, 0.25) is 5.02 Å². The molecule has 0 spiro atoms. The third kappa shape index (κ3) is 5.13. The third-order valence-corrected chi connectivity index (χ3v) is 6.27. The van der Waals surface area contributed by atoms with Gasteiger partial charge in [0, 0.05) is 24.0 Å². The zero-order chi connectivity index (χ0) is 22.8. The SMILES string of the molecule is CC(C)Cc1ccc(C[C@@H](N)CC(=O)N2CCC[C@H]2c2nc3ccc(Cl)cc3[nH]2)c(F)c1. The van der Waals surface area contributed by atoms with Crippen LogP contribution in [0.25, 0.3) is 11.0 Å². The number of nitrogens with one attached hydrogen (secondary N) is 1. The van der Waals surface area contributed by atoms with Crippen molar-refractivity contribution in [2.75, 3.05) is 6.54 Å². The molecule has 170 valence electrons. The standard InChI is InChI=1S/C25H30ClFN4O/c1-15(2)10-16-5-6-17(20(27)11-16)12-19(28)14-24(32)31-9-3-4-23(31)25-29-21-8-7-18(26)13-22(21)30-25/h5-8,11,13,15,19,23H,3-4,9-10,12,14,28H2,1-2H3,(H,29,30)/t19-,23+/m1/s1. The number of likely N-dealkylation sites (tertiary alicyclic amines) is 1. The number of H-pyrrole nitrogens is 1. The summed E-state index contributed by atoms with van der Waals surface area (Å²) >= 11 is 6.08. The minimum atomic E-state index is -0.441. The second kappa shape index (κ2) is 9.59. The van der Waals surface area contributed by atoms with E-state index in [-0.39, 0.29) is 24.2 Å². The topological polar surface area (TPSA) is 75.0 Å². The number of halogens is 2. The Labute approximate surface area is 193 Å². The number of carbonyl (C=O) groups excluding carboxylic acids is 1. The molecule has 1 aromatic heterocycles. The van der Waals surface area contributed by atoms with Crippen LogP contribution in [-0.2, 0) is 17.6 Å². The first-order valence-electron chi connectivity index (χ1n) is 11.3. The lowest BCUT2D eigenvalue weighted by Gasteiger charge is -2.25. The maximum absolute atomic E-state index is 14.5. The number of nitrogens with two attached hydrogens (primary N) is 1. The average Bonchev–Trinajstić information content (AvgIpc) is 3.35. The number of benzene rings is 2. The molecule has 1 amide bonds. The number of hydrogen-bond donors (Lipinski definition) is 2. The summed E-state index contributed by atoms with van der Waals surface area (Å²) in [6.07, 6.45) is 3.11. The maximum Gasteiger partial charge on any atom is 0.224 e. The van der Waals surface area contributed by atoms with Gasteiger partial charge in [-0.05, 0) is 67.0 Å². The molecule has 32 heavy (non-hydrogen) atoms. The fraction of sp³-hybridized carbons (Fsp3) is 0.440. The van der Waals surface area contributed by atoms with Crippen LogP contribution in [0.5, 0.6) is 0 Å². The van der Waals surface area contributed by atoms with E-state index in [1.165, 1.54) is 0 Å². The molecule has 0 unspecified atom stereocenters. The van der Waals surface area contributed by atoms with Gasteiger partial charge in [-0.2, -0.15) is 0 Å². The van der Waals surface area contributed by atoms with E-state index in [0.717, 1.165) is 41.7 Å². The van der Waals surface area contributed by atoms with Crippen molar-refractivity contribution in [2.45, 2.75) is 58.0 Å². The number of amides is 1. The Morgan fingerprint density at radius 1 is 1.28 bits per heavy atom. The Morgan fingerprint density at radius 2 is 2.09 bits per heavy atom. The van der Waals surface area contributed by atoms with Crippen molar-refractivity contribution in [1.82, 2.24) is 14.9 Å². The minimum absolute atomic E-state index is 0.0182. The van der Waals surface area contributed by atoms with E-state index < -0.39 is 6.04 Å². The van der Waals surface area contributed by atoms with Crippen molar-refractivity contribution < 1.29 is 9.18 Å². The highest BCUT2D eigenvalue weighted by Gasteiger charge is 2.32. The van der Waals surface area contributed by atoms with Gasteiger partial charge in [-0.25, -0.2) is 9.37 Å². The first-order chi connectivity index (χ1) is 15.3. The van der Waals surface area contributed by atoms with Crippen LogP contribution in [-0.4, -0.2) is 33.4 Å². The number of rotatable bonds is 7. The molecule has 3 N–H and O–H groups in total. The Bertz CT molecular complexity index is 1110. The van der Waals surface area contributed by atoms with Crippen molar-refractivity contribution in [3.8, 4) is 0 Å². The van der Waals surface area contributed by atoms with E-state index in [1.807, 2.05) is 23.1 Å². The Hall–Kier alpha value is -2.44. The largest absolute Gasteiger partial charge is 0.340 e. The van der Waals surface area contributed by atoms with Crippen molar-refractivity contribution in [1.29, 1.82) is 0 Å². The number of nitrogens with zero attached hydrogens (tertiary/aromatic N) is 2. The first-order valence-corrected chi connectivity index (χ1v) is 11.7. The molecule has 0 saturated carbocycles. The van der Waals surface area contributed by atoms with Crippen LogP contribution in [0, 0.1) is 11.7 Å². The number of fused-ring (bicyclic) bond motifs is 1. The Balaban J connectivity index is 1.41. The lowest BCUT2D eigenvalue weighted by Crippen LogP contribution is -2.36. The smallest absolute Gasteiger partial charge is 0.224 e. The monoisotopic (exact) mass is 456 g/mol. The molecule has 5 nitrogen and oxygen atoms in total. The van der Waals surface area contributed by atoms with E-state index in [4.69, 9.17) is 17.3 Å². The van der Waals surface area contributed by atoms with Gasteiger partial charge in [0.05, 0.1) is 17.1 Å². The minimum Gasteiger partial charge on any atom is -0.340 e. The number of imidazole rings is 1. The highest BCUT2D eigenvalue weighted by atomic mass is 35.5. The van der Waals surface area contributed by atoms with Gasteiger partial charge >= 0.3 is 0 Å². The van der Waals surface area contributed by atoms with Crippen molar-refractivity contribution in [3.05, 3.63) is 64.2 Å². The van der Waals surface area contributed by atoms with Gasteiger partial charge in [0.15, 0.2) is 0 Å². The van der Waals surface area contributed by atoms with Gasteiger partial charge in [-0.3, -0.25) is 4.79 Å². The van der Waals surface area contributed by atoms with E-state index in [1.54, 1.807) is 18.2 Å². The highest BCUT2D eigenvalue weighted by Crippen LogP contribution is 2.32. The number of hydrogen-bond acceptors (Lipinski definition) is 3. The van der Waals surface area contributed by atoms with Crippen LogP contribution >= 0.6 is 11.6 Å². The fourth-order valence-electron chi connectivity index (χ4n) is 4.56. The molecule has 0 bridgehead atoms. The Morgan fingerprint density at radius 3 is 2.84 bits per heavy atom. The summed E-state index contributed by atoms with van der Waals surface area (Å²) in [5.74, 6) is 0.979. The Kier molecular flexibility index (Phi) is 6.82. The highest BCUT2D eigenvalue weighted by molar-refractivity contribution is 6.31. The molecule has 4 rings (SSSR count). The number of carbonyl (C=O) groups is 1. The lowest BCUT2D eigenvalue weighted by atomic mass is 9.98. The molecular formula is C25H30ClFN4O. The number of aromatic amines is 1. The van der Waals surface area contributed by atoms with E-state index in [2.05, 4.69) is 23.8 Å². The van der Waals surface area contributed by atoms with Gasteiger partial charge in [0.1, 0.15) is 11.6 Å². The third-order valence-electron chi connectivity index (χ3n) is 6.03. The van der Waals surface area contributed by atoms with Crippen molar-refractivity contribution >= 4 is 28.5 Å². The molecule has 7 heteroatoms. The molecule has 1 aliphatic heterocycles. The second-order valence-electron chi connectivity index (χ2n) is 9.22. The summed E-state index contributed by atoms with van der Waals surface area (Å²) in [5, 5.41) is 0.641. The predicted molar refractivity (Wildman–Crippen MR) is 126 cm³/mol. The van der Waals surface area contributed by atoms with Crippen LogP contribution in [0.4, 0.5) is 4.39 Å². The normalized spacial score (nSPS) is 17.4. The zero-order valence-corrected chi connectivity index (χ0v) is 19.3. The summed E-state index contributed by atoms with van der Waals surface area (Å²) in [4.78, 5) is 22.9. The van der Waals surface area contributed by atoms with Gasteiger partial charge in [0.2, 0.25) is 5.91 Å². The summed E-state index contributed by atoms with van der Waals surface area (Å²) in [7, 11) is 0. The van der Waals surface area contributed by atoms with Crippen LogP contribution in [0.15, 0.2) is 36.4 Å². The van der Waals surface area contributed by atoms with E-state index >= 15 is 0 Å². The quantitative estimate of drug-likeness (QED) is 0.514. The van der Waals surface area contributed by atoms with Gasteiger partial charge in [-0.15, -0.1) is 0 Å². The number of aromatic nitrogens is 2. The van der Waals surface area contributed by atoms with Gasteiger partial charge < -0.3 is 15.6 Å². The molecule has 2 aromatic carbocycles. The summed E-state index contributed by atoms with van der Waals surface area (Å²) in [6.45, 7) is 4.89.